The average Bonchev–Trinajstić information content (AvgIpc) is 3.33. The number of fused-ring (bicyclic) bond motifs is 1. The Morgan fingerprint density at radius 3 is 2.35 bits per heavy atom. The SMILES string of the molecule is O=S(=O)(NC(C1CC1)C1CC1)c1ccc2c(c1)CNC2. The van der Waals surface area contributed by atoms with Gasteiger partial charge < -0.3 is 5.32 Å². The highest BCUT2D eigenvalue weighted by molar-refractivity contribution is 7.89. The van der Waals surface area contributed by atoms with Gasteiger partial charge in [0.2, 0.25) is 10.0 Å². The normalized spacial score (nSPS) is 22.2. The van der Waals surface area contributed by atoms with Gasteiger partial charge in [-0.15, -0.1) is 0 Å². The van der Waals surface area contributed by atoms with E-state index in [0.717, 1.165) is 18.7 Å². The van der Waals surface area contributed by atoms with Crippen LogP contribution in [-0.2, 0) is 23.1 Å². The van der Waals surface area contributed by atoms with Crippen molar-refractivity contribution in [3.63, 3.8) is 0 Å². The van der Waals surface area contributed by atoms with Crippen LogP contribution in [0.3, 0.4) is 0 Å². The third-order valence-electron chi connectivity index (χ3n) is 4.67. The molecule has 0 atom stereocenters. The van der Waals surface area contributed by atoms with Crippen LogP contribution in [0.4, 0.5) is 0 Å². The molecule has 0 amide bonds. The largest absolute Gasteiger partial charge is 0.309 e. The maximum atomic E-state index is 12.6. The Hall–Kier alpha value is -0.910. The Morgan fingerprint density at radius 2 is 1.70 bits per heavy atom. The molecule has 4 rings (SSSR count). The summed E-state index contributed by atoms with van der Waals surface area (Å²) in [6, 6.07) is 5.68. The topological polar surface area (TPSA) is 58.2 Å². The molecule has 2 aliphatic carbocycles. The minimum absolute atomic E-state index is 0.173. The van der Waals surface area contributed by atoms with Crippen molar-refractivity contribution in [2.75, 3.05) is 0 Å². The third kappa shape index (κ3) is 2.38. The fourth-order valence-electron chi connectivity index (χ4n) is 3.17. The molecule has 0 saturated heterocycles. The minimum Gasteiger partial charge on any atom is -0.309 e. The van der Waals surface area contributed by atoms with Gasteiger partial charge in [-0.05, 0) is 60.8 Å². The molecule has 5 heteroatoms. The van der Waals surface area contributed by atoms with Crippen LogP contribution in [0.1, 0.15) is 36.8 Å². The second-order valence-corrected chi connectivity index (χ2v) is 8.07. The molecule has 1 aromatic rings. The summed E-state index contributed by atoms with van der Waals surface area (Å²) in [5, 5.41) is 3.25. The van der Waals surface area contributed by atoms with Crippen molar-refractivity contribution >= 4 is 10.0 Å². The van der Waals surface area contributed by atoms with Crippen molar-refractivity contribution in [2.24, 2.45) is 11.8 Å². The maximum Gasteiger partial charge on any atom is 0.240 e. The van der Waals surface area contributed by atoms with Crippen LogP contribution in [0.25, 0.3) is 0 Å². The van der Waals surface area contributed by atoms with E-state index in [2.05, 4.69) is 10.0 Å². The van der Waals surface area contributed by atoms with Gasteiger partial charge in [-0.2, -0.15) is 0 Å². The van der Waals surface area contributed by atoms with Gasteiger partial charge in [-0.1, -0.05) is 6.07 Å². The monoisotopic (exact) mass is 292 g/mol. The fourth-order valence-corrected chi connectivity index (χ4v) is 4.60. The van der Waals surface area contributed by atoms with Gasteiger partial charge in [0.15, 0.2) is 0 Å². The first kappa shape index (κ1) is 12.8. The van der Waals surface area contributed by atoms with E-state index >= 15 is 0 Å². The summed E-state index contributed by atoms with van der Waals surface area (Å²) >= 11 is 0. The zero-order valence-corrected chi connectivity index (χ0v) is 12.2. The molecule has 0 radical (unpaired) electrons. The molecule has 0 spiro atoms. The second-order valence-electron chi connectivity index (χ2n) is 6.36. The van der Waals surface area contributed by atoms with Gasteiger partial charge in [0.25, 0.3) is 0 Å². The van der Waals surface area contributed by atoms with Crippen molar-refractivity contribution in [1.29, 1.82) is 0 Å². The van der Waals surface area contributed by atoms with Crippen LogP contribution in [0.5, 0.6) is 0 Å². The van der Waals surface area contributed by atoms with E-state index in [9.17, 15) is 8.42 Å². The van der Waals surface area contributed by atoms with Crippen LogP contribution in [-0.4, -0.2) is 14.5 Å². The number of rotatable bonds is 5. The molecule has 2 fully saturated rings. The molecule has 2 saturated carbocycles. The van der Waals surface area contributed by atoms with Crippen LogP contribution >= 0.6 is 0 Å². The standard InChI is InChI=1S/C15H20N2O2S/c18-20(19,17-15(10-1-2-10)11-3-4-11)14-6-5-12-8-16-9-13(12)7-14/h5-7,10-11,15-17H,1-4,8-9H2. The second kappa shape index (κ2) is 4.55. The van der Waals surface area contributed by atoms with E-state index in [1.807, 2.05) is 12.1 Å². The minimum atomic E-state index is -3.37. The lowest BCUT2D eigenvalue weighted by Crippen LogP contribution is -2.38. The molecule has 1 aliphatic heterocycles. The average molecular weight is 292 g/mol. The van der Waals surface area contributed by atoms with Gasteiger partial charge in [-0.3, -0.25) is 0 Å². The Kier molecular flexibility index (Phi) is 2.91. The molecular formula is C15H20N2O2S. The number of nitrogens with one attached hydrogen (secondary N) is 2. The smallest absolute Gasteiger partial charge is 0.240 e. The van der Waals surface area contributed by atoms with Crippen LogP contribution in [0, 0.1) is 11.8 Å². The zero-order chi connectivity index (χ0) is 13.7. The molecule has 0 bridgehead atoms. The summed E-state index contributed by atoms with van der Waals surface area (Å²) in [5.41, 5.74) is 2.33. The Morgan fingerprint density at radius 1 is 1.05 bits per heavy atom. The lowest BCUT2D eigenvalue weighted by molar-refractivity contribution is 0.471. The highest BCUT2D eigenvalue weighted by Gasteiger charge is 2.43. The molecule has 0 aromatic heterocycles. The molecular weight excluding hydrogens is 272 g/mol. The van der Waals surface area contributed by atoms with E-state index in [0.29, 0.717) is 16.7 Å². The third-order valence-corrected chi connectivity index (χ3v) is 6.13. The van der Waals surface area contributed by atoms with Gasteiger partial charge >= 0.3 is 0 Å². The molecule has 3 aliphatic rings. The van der Waals surface area contributed by atoms with Crippen molar-refractivity contribution in [3.05, 3.63) is 29.3 Å². The highest BCUT2D eigenvalue weighted by Crippen LogP contribution is 2.45. The molecule has 2 N–H and O–H groups in total. The summed E-state index contributed by atoms with van der Waals surface area (Å²) < 4.78 is 28.1. The Balaban J connectivity index is 1.59. The maximum absolute atomic E-state index is 12.6. The van der Waals surface area contributed by atoms with Gasteiger partial charge in [-0.25, -0.2) is 13.1 Å². The quantitative estimate of drug-likeness (QED) is 0.869. The van der Waals surface area contributed by atoms with Crippen LogP contribution in [0.15, 0.2) is 23.1 Å². The Bertz CT molecular complexity index is 621. The van der Waals surface area contributed by atoms with Gasteiger partial charge in [0, 0.05) is 19.1 Å². The summed E-state index contributed by atoms with van der Waals surface area (Å²) in [7, 11) is -3.37. The van der Waals surface area contributed by atoms with E-state index in [4.69, 9.17) is 0 Å². The summed E-state index contributed by atoms with van der Waals surface area (Å²) in [5.74, 6) is 1.15. The number of sulfonamides is 1. The van der Waals surface area contributed by atoms with Crippen molar-refractivity contribution in [3.8, 4) is 0 Å². The van der Waals surface area contributed by atoms with Crippen molar-refractivity contribution in [1.82, 2.24) is 10.0 Å². The Labute approximate surface area is 120 Å². The number of hydrogen-bond acceptors (Lipinski definition) is 3. The molecule has 1 aromatic carbocycles. The molecule has 108 valence electrons. The van der Waals surface area contributed by atoms with Crippen molar-refractivity contribution in [2.45, 2.75) is 49.7 Å². The fraction of sp³-hybridized carbons (Fsp3) is 0.600. The zero-order valence-electron chi connectivity index (χ0n) is 11.4. The van der Waals surface area contributed by atoms with Crippen LogP contribution in [0.2, 0.25) is 0 Å². The predicted molar refractivity (Wildman–Crippen MR) is 76.5 cm³/mol. The first-order chi connectivity index (χ1) is 9.63. The molecule has 1 heterocycles. The predicted octanol–water partition coefficient (Wildman–Crippen LogP) is 1.76. The van der Waals surface area contributed by atoms with Crippen LogP contribution < -0.4 is 10.0 Å². The summed E-state index contributed by atoms with van der Waals surface area (Å²) in [6.45, 7) is 1.61. The highest BCUT2D eigenvalue weighted by atomic mass is 32.2. The lowest BCUT2D eigenvalue weighted by atomic mass is 10.1. The lowest BCUT2D eigenvalue weighted by Gasteiger charge is -2.18. The van der Waals surface area contributed by atoms with E-state index in [-0.39, 0.29) is 6.04 Å². The first-order valence-corrected chi connectivity index (χ1v) is 8.97. The van der Waals surface area contributed by atoms with E-state index in [1.165, 1.54) is 31.2 Å². The van der Waals surface area contributed by atoms with Gasteiger partial charge in [0.1, 0.15) is 0 Å². The van der Waals surface area contributed by atoms with E-state index in [1.54, 1.807) is 6.07 Å². The summed E-state index contributed by atoms with van der Waals surface area (Å²) in [4.78, 5) is 0.422. The number of benzene rings is 1. The first-order valence-electron chi connectivity index (χ1n) is 7.48. The number of hydrogen-bond donors (Lipinski definition) is 2. The molecule has 20 heavy (non-hydrogen) atoms. The van der Waals surface area contributed by atoms with E-state index < -0.39 is 10.0 Å². The molecule has 4 nitrogen and oxygen atoms in total. The van der Waals surface area contributed by atoms with Gasteiger partial charge in [0.05, 0.1) is 4.90 Å². The van der Waals surface area contributed by atoms with Crippen molar-refractivity contribution < 1.29 is 8.42 Å². The summed E-state index contributed by atoms with van der Waals surface area (Å²) in [6.07, 6.45) is 4.71. The molecule has 0 unspecified atom stereocenters.